The highest BCUT2D eigenvalue weighted by Gasteiger charge is 2.21. The van der Waals surface area contributed by atoms with E-state index in [2.05, 4.69) is 13.8 Å². The molecule has 0 spiro atoms. The summed E-state index contributed by atoms with van der Waals surface area (Å²) in [4.78, 5) is 0. The van der Waals surface area contributed by atoms with Crippen LogP contribution in [0.4, 0.5) is 0 Å². The molecule has 1 unspecified atom stereocenters. The van der Waals surface area contributed by atoms with Gasteiger partial charge in [0.15, 0.2) is 6.29 Å². The monoisotopic (exact) mass is 268 g/mol. The van der Waals surface area contributed by atoms with Crippen molar-refractivity contribution in [3.63, 3.8) is 0 Å². The lowest BCUT2D eigenvalue weighted by Crippen LogP contribution is -2.26. The predicted octanol–water partition coefficient (Wildman–Crippen LogP) is 4.91. The molecule has 112 valence electrons. The van der Waals surface area contributed by atoms with Crippen molar-refractivity contribution in [2.45, 2.75) is 90.4 Å². The van der Waals surface area contributed by atoms with Crippen molar-refractivity contribution in [1.82, 2.24) is 0 Å². The average molecular weight is 268 g/mol. The van der Waals surface area contributed by atoms with Gasteiger partial charge in [0.25, 0.3) is 0 Å². The van der Waals surface area contributed by atoms with Gasteiger partial charge in [0, 0.05) is 6.61 Å². The zero-order valence-electron chi connectivity index (χ0n) is 12.9. The molecular weight excluding hydrogens is 236 g/mol. The molecule has 0 aliphatic heterocycles. The van der Waals surface area contributed by atoms with Crippen molar-refractivity contribution < 1.29 is 9.47 Å². The van der Waals surface area contributed by atoms with Crippen LogP contribution >= 0.6 is 0 Å². The molecule has 0 aromatic rings. The van der Waals surface area contributed by atoms with E-state index in [1.807, 2.05) is 0 Å². The van der Waals surface area contributed by atoms with Crippen LogP contribution < -0.4 is 0 Å². The summed E-state index contributed by atoms with van der Waals surface area (Å²) in [5, 5.41) is 0. The lowest BCUT2D eigenvalue weighted by Gasteiger charge is -2.29. The number of hydrogen-bond acceptors (Lipinski definition) is 2. The van der Waals surface area contributed by atoms with Crippen molar-refractivity contribution in [1.29, 1.82) is 0 Å². The van der Waals surface area contributed by atoms with Crippen molar-refractivity contribution in [2.24, 2.45) is 11.8 Å². The Morgan fingerprint density at radius 3 is 2.32 bits per heavy atom. The van der Waals surface area contributed by atoms with Gasteiger partial charge in [-0.2, -0.15) is 0 Å². The van der Waals surface area contributed by atoms with E-state index in [9.17, 15) is 0 Å². The van der Waals surface area contributed by atoms with Gasteiger partial charge in [0.1, 0.15) is 0 Å². The normalized spacial score (nSPS) is 31.3. The van der Waals surface area contributed by atoms with Gasteiger partial charge in [-0.15, -0.1) is 0 Å². The molecule has 0 amide bonds. The number of rotatable bonds is 6. The first-order valence-corrected chi connectivity index (χ1v) is 8.51. The molecule has 2 heteroatoms. The fourth-order valence-electron chi connectivity index (χ4n) is 3.55. The van der Waals surface area contributed by atoms with Crippen LogP contribution in [0.15, 0.2) is 0 Å². The third kappa shape index (κ3) is 5.83. The van der Waals surface area contributed by atoms with Crippen LogP contribution in [0.5, 0.6) is 0 Å². The topological polar surface area (TPSA) is 18.5 Å². The van der Waals surface area contributed by atoms with Crippen LogP contribution in [0.1, 0.15) is 78.1 Å². The third-order valence-corrected chi connectivity index (χ3v) is 4.95. The Hall–Kier alpha value is -0.0800. The molecule has 2 fully saturated rings. The second-order valence-electron chi connectivity index (χ2n) is 6.75. The van der Waals surface area contributed by atoms with E-state index < -0.39 is 0 Å². The molecular formula is C17H32O2. The molecule has 0 saturated heterocycles. The molecule has 0 aromatic heterocycles. The first kappa shape index (κ1) is 15.3. The smallest absolute Gasteiger partial charge is 0.155 e. The molecule has 0 heterocycles. The van der Waals surface area contributed by atoms with Crippen LogP contribution in [0.2, 0.25) is 0 Å². The van der Waals surface area contributed by atoms with Crippen LogP contribution in [0, 0.1) is 11.8 Å². The Bertz CT molecular complexity index is 227. The molecule has 2 aliphatic rings. The van der Waals surface area contributed by atoms with Crippen molar-refractivity contribution in [3.8, 4) is 0 Å². The Morgan fingerprint density at radius 1 is 0.947 bits per heavy atom. The zero-order valence-corrected chi connectivity index (χ0v) is 12.9. The molecule has 2 aliphatic carbocycles. The molecule has 1 atom stereocenters. The summed E-state index contributed by atoms with van der Waals surface area (Å²) in [6.07, 6.45) is 13.9. The summed E-state index contributed by atoms with van der Waals surface area (Å²) in [7, 11) is 0. The van der Waals surface area contributed by atoms with Gasteiger partial charge in [-0.3, -0.25) is 0 Å². The minimum atomic E-state index is -0.0120. The lowest BCUT2D eigenvalue weighted by molar-refractivity contribution is -0.169. The predicted molar refractivity (Wildman–Crippen MR) is 79.1 cm³/mol. The lowest BCUT2D eigenvalue weighted by atomic mass is 9.87. The fraction of sp³-hybridized carbons (Fsp3) is 1.00. The Morgan fingerprint density at radius 2 is 1.63 bits per heavy atom. The third-order valence-electron chi connectivity index (χ3n) is 4.95. The van der Waals surface area contributed by atoms with E-state index in [1.165, 1.54) is 64.2 Å². The van der Waals surface area contributed by atoms with E-state index in [4.69, 9.17) is 9.47 Å². The van der Waals surface area contributed by atoms with E-state index >= 15 is 0 Å². The van der Waals surface area contributed by atoms with E-state index in [1.54, 1.807) is 0 Å². The maximum Gasteiger partial charge on any atom is 0.155 e. The molecule has 19 heavy (non-hydrogen) atoms. The van der Waals surface area contributed by atoms with Crippen molar-refractivity contribution in [2.75, 3.05) is 6.61 Å². The van der Waals surface area contributed by atoms with E-state index in [0.29, 0.717) is 6.10 Å². The number of hydrogen-bond donors (Lipinski definition) is 0. The second kappa shape index (κ2) is 8.26. The molecule has 0 bridgehead atoms. The molecule has 0 aromatic carbocycles. The summed E-state index contributed by atoms with van der Waals surface area (Å²) in [6.45, 7) is 5.30. The van der Waals surface area contributed by atoms with Gasteiger partial charge in [0.2, 0.25) is 0 Å². The van der Waals surface area contributed by atoms with Crippen LogP contribution in [-0.2, 0) is 9.47 Å². The summed E-state index contributed by atoms with van der Waals surface area (Å²) in [5.41, 5.74) is 0. The maximum absolute atomic E-state index is 6.01. The van der Waals surface area contributed by atoms with Gasteiger partial charge < -0.3 is 9.47 Å². The maximum atomic E-state index is 6.01. The Balaban J connectivity index is 1.52. The standard InChI is InChI=1S/C17H32O2/c1-14-8-10-17(11-9-14)19-15(2)18-13-12-16-6-4-3-5-7-16/h14-17H,3-13H2,1-2H3. The summed E-state index contributed by atoms with van der Waals surface area (Å²) in [5.74, 6) is 1.80. The van der Waals surface area contributed by atoms with E-state index in [0.717, 1.165) is 18.4 Å². The summed E-state index contributed by atoms with van der Waals surface area (Å²) in [6, 6.07) is 0. The van der Waals surface area contributed by atoms with Gasteiger partial charge in [-0.1, -0.05) is 39.0 Å². The minimum Gasteiger partial charge on any atom is -0.353 e. The van der Waals surface area contributed by atoms with Crippen molar-refractivity contribution >= 4 is 0 Å². The molecule has 2 rings (SSSR count). The van der Waals surface area contributed by atoms with Crippen molar-refractivity contribution in [3.05, 3.63) is 0 Å². The highest BCUT2D eigenvalue weighted by atomic mass is 16.7. The van der Waals surface area contributed by atoms with Gasteiger partial charge in [-0.25, -0.2) is 0 Å². The first-order valence-electron chi connectivity index (χ1n) is 8.51. The SMILES string of the molecule is CC1CCC(OC(C)OCCC2CCCCC2)CC1. The summed E-state index contributed by atoms with van der Waals surface area (Å²) < 4.78 is 11.9. The summed E-state index contributed by atoms with van der Waals surface area (Å²) >= 11 is 0. The van der Waals surface area contributed by atoms with Crippen LogP contribution in [-0.4, -0.2) is 19.0 Å². The van der Waals surface area contributed by atoms with Gasteiger partial charge >= 0.3 is 0 Å². The minimum absolute atomic E-state index is 0.0120. The highest BCUT2D eigenvalue weighted by Crippen LogP contribution is 2.28. The molecule has 2 nitrogen and oxygen atoms in total. The van der Waals surface area contributed by atoms with Crippen LogP contribution in [0.3, 0.4) is 0 Å². The zero-order chi connectivity index (χ0) is 13.5. The van der Waals surface area contributed by atoms with Gasteiger partial charge in [-0.05, 0) is 50.9 Å². The van der Waals surface area contributed by atoms with Crippen LogP contribution in [0.25, 0.3) is 0 Å². The average Bonchev–Trinajstić information content (AvgIpc) is 2.43. The number of ether oxygens (including phenoxy) is 2. The Kier molecular flexibility index (Phi) is 6.66. The Labute approximate surface area is 119 Å². The first-order chi connectivity index (χ1) is 9.24. The van der Waals surface area contributed by atoms with E-state index in [-0.39, 0.29) is 6.29 Å². The largest absolute Gasteiger partial charge is 0.353 e. The van der Waals surface area contributed by atoms with Gasteiger partial charge in [0.05, 0.1) is 6.10 Å². The quantitative estimate of drug-likeness (QED) is 0.637. The molecule has 0 N–H and O–H groups in total. The highest BCUT2D eigenvalue weighted by molar-refractivity contribution is 4.70. The fourth-order valence-corrected chi connectivity index (χ4v) is 3.55. The molecule has 2 saturated carbocycles. The molecule has 0 radical (unpaired) electrons. The second-order valence-corrected chi connectivity index (χ2v) is 6.75.